The zero-order valence-electron chi connectivity index (χ0n) is 26.1. The van der Waals surface area contributed by atoms with Crippen molar-refractivity contribution in [1.82, 2.24) is 0 Å². The predicted molar refractivity (Wildman–Crippen MR) is 182 cm³/mol. The maximum Gasteiger partial charge on any atom is 0.342 e. The van der Waals surface area contributed by atoms with Crippen LogP contribution in [0, 0.1) is 0 Å². The molecule has 0 fully saturated rings. The van der Waals surface area contributed by atoms with Crippen molar-refractivity contribution in [3.8, 4) is 0 Å². The van der Waals surface area contributed by atoms with Gasteiger partial charge in [-0.2, -0.15) is 26.3 Å². The minimum atomic E-state index is -2.63. The lowest BCUT2D eigenvalue weighted by Crippen LogP contribution is -2.46. The fraction of sp³-hybridized carbons (Fsp3) is 0.0500. The summed E-state index contributed by atoms with van der Waals surface area (Å²) in [5.74, 6) is 0. The molecule has 0 aromatic heterocycles. The van der Waals surface area contributed by atoms with E-state index in [1.54, 1.807) is 155 Å². The summed E-state index contributed by atoms with van der Waals surface area (Å²) in [6.45, 7) is 0. The van der Waals surface area contributed by atoms with Crippen LogP contribution in [-0.4, -0.2) is 11.4 Å². The van der Waals surface area contributed by atoms with Gasteiger partial charge in [0, 0.05) is 22.7 Å². The molecule has 50 heavy (non-hydrogen) atoms. The van der Waals surface area contributed by atoms with E-state index in [2.05, 4.69) is 0 Å². The highest BCUT2D eigenvalue weighted by Gasteiger charge is 2.41. The second-order valence-corrected chi connectivity index (χ2v) is 11.0. The van der Waals surface area contributed by atoms with Crippen LogP contribution in [0.2, 0.25) is 0 Å². The van der Waals surface area contributed by atoms with Gasteiger partial charge in [-0.05, 0) is 84.0 Å². The van der Waals surface area contributed by atoms with E-state index in [9.17, 15) is 26.3 Å². The van der Waals surface area contributed by atoms with Crippen LogP contribution in [0.1, 0.15) is 0 Å². The fourth-order valence-electron chi connectivity index (χ4n) is 5.75. The van der Waals surface area contributed by atoms with E-state index >= 15 is 0 Å². The molecule has 0 N–H and O–H groups in total. The largest absolute Gasteiger partial charge is 0.432 e. The normalized spacial score (nSPS) is 19.2. The molecular formula is C40H28F6N2O2. The van der Waals surface area contributed by atoms with Gasteiger partial charge >= 0.3 is 24.2 Å². The Morgan fingerprint density at radius 2 is 0.620 bits per heavy atom. The van der Waals surface area contributed by atoms with Crippen molar-refractivity contribution in [3.63, 3.8) is 0 Å². The smallest absolute Gasteiger partial charge is 0.342 e. The highest BCUT2D eigenvalue weighted by molar-refractivity contribution is 5.71. The molecule has 2 aliphatic rings. The van der Waals surface area contributed by atoms with Crippen LogP contribution in [0.15, 0.2) is 205 Å². The average Bonchev–Trinajstić information content (AvgIpc) is 3.14. The Morgan fingerprint density at radius 3 is 0.840 bits per heavy atom. The average molecular weight is 683 g/mol. The van der Waals surface area contributed by atoms with Crippen molar-refractivity contribution in [2.75, 3.05) is 9.80 Å². The molecule has 0 saturated heterocycles. The minimum Gasteiger partial charge on any atom is -0.432 e. The number of hydrogen-bond acceptors (Lipinski definition) is 4. The zero-order valence-corrected chi connectivity index (χ0v) is 26.1. The molecule has 0 amide bonds. The van der Waals surface area contributed by atoms with Crippen LogP contribution in [-0.2, 0) is 9.47 Å². The van der Waals surface area contributed by atoms with Gasteiger partial charge in [0.05, 0.1) is 0 Å². The monoisotopic (exact) mass is 682 g/mol. The first-order valence-electron chi connectivity index (χ1n) is 15.3. The molecule has 0 unspecified atom stereocenters. The van der Waals surface area contributed by atoms with Gasteiger partial charge < -0.3 is 9.47 Å². The number of ether oxygens (including phenoxy) is 2. The van der Waals surface area contributed by atoms with Gasteiger partial charge in [0.25, 0.3) is 0 Å². The molecule has 2 aliphatic carbocycles. The van der Waals surface area contributed by atoms with Gasteiger partial charge in [0.1, 0.15) is 0 Å². The molecule has 4 nitrogen and oxygen atoms in total. The third kappa shape index (κ3) is 7.00. The van der Waals surface area contributed by atoms with E-state index in [4.69, 9.17) is 9.47 Å². The van der Waals surface area contributed by atoms with Crippen molar-refractivity contribution in [3.05, 3.63) is 205 Å². The molecule has 0 spiro atoms. The first-order valence-corrected chi connectivity index (χ1v) is 15.3. The molecule has 0 radical (unpaired) electrons. The van der Waals surface area contributed by atoms with Crippen LogP contribution in [0.3, 0.4) is 0 Å². The predicted octanol–water partition coefficient (Wildman–Crippen LogP) is 11.7. The summed E-state index contributed by atoms with van der Waals surface area (Å²) < 4.78 is 94.1. The van der Waals surface area contributed by atoms with Crippen LogP contribution < -0.4 is 9.80 Å². The lowest BCUT2D eigenvalue weighted by atomic mass is 9.92. The Kier molecular flexibility index (Phi) is 9.80. The third-order valence-corrected chi connectivity index (χ3v) is 7.90. The molecule has 0 atom stereocenters. The summed E-state index contributed by atoms with van der Waals surface area (Å²) in [6.07, 6.45) is 6.72. The van der Waals surface area contributed by atoms with Gasteiger partial charge in [-0.3, -0.25) is 9.80 Å². The second kappa shape index (κ2) is 14.5. The van der Waals surface area contributed by atoms with Gasteiger partial charge in [-0.1, -0.05) is 97.1 Å². The zero-order chi connectivity index (χ0) is 35.1. The Balaban J connectivity index is 1.44. The summed E-state index contributed by atoms with van der Waals surface area (Å²) >= 11 is 0. The number of allylic oxidation sites excluding steroid dienone is 6. The van der Waals surface area contributed by atoms with Crippen LogP contribution >= 0.6 is 0 Å². The Labute approximate surface area is 284 Å². The topological polar surface area (TPSA) is 24.9 Å². The summed E-state index contributed by atoms with van der Waals surface area (Å²) in [4.78, 5) is 3.13. The van der Waals surface area contributed by atoms with Gasteiger partial charge in [-0.25, -0.2) is 0 Å². The summed E-state index contributed by atoms with van der Waals surface area (Å²) in [5.41, 5.74) is -0.649. The van der Waals surface area contributed by atoms with Crippen LogP contribution in [0.4, 0.5) is 49.1 Å². The summed E-state index contributed by atoms with van der Waals surface area (Å²) in [7, 11) is 0. The lowest BCUT2D eigenvalue weighted by Gasteiger charge is -2.42. The second-order valence-electron chi connectivity index (χ2n) is 11.0. The van der Waals surface area contributed by atoms with Crippen molar-refractivity contribution in [2.24, 2.45) is 0 Å². The first kappa shape index (κ1) is 33.7. The van der Waals surface area contributed by atoms with Crippen LogP contribution in [0.25, 0.3) is 0 Å². The molecule has 6 rings (SSSR count). The van der Waals surface area contributed by atoms with E-state index in [1.807, 2.05) is 0 Å². The molecule has 10 heteroatoms. The van der Waals surface area contributed by atoms with E-state index in [0.29, 0.717) is 33.9 Å². The summed E-state index contributed by atoms with van der Waals surface area (Å²) in [5, 5.41) is 0. The van der Waals surface area contributed by atoms with Gasteiger partial charge in [0.2, 0.25) is 11.4 Å². The fourth-order valence-corrected chi connectivity index (χ4v) is 5.75. The van der Waals surface area contributed by atoms with Gasteiger partial charge in [-0.15, -0.1) is 0 Å². The molecule has 4 aromatic rings. The number of anilines is 4. The highest BCUT2D eigenvalue weighted by Crippen LogP contribution is 2.43. The van der Waals surface area contributed by atoms with Crippen molar-refractivity contribution < 1.29 is 35.8 Å². The number of halogens is 6. The molecule has 252 valence electrons. The highest BCUT2D eigenvalue weighted by atomic mass is 19.3. The number of hydrogen-bond donors (Lipinski definition) is 0. The summed E-state index contributed by atoms with van der Waals surface area (Å²) in [6, 6.07) is 30.8. The molecule has 0 bridgehead atoms. The molecule has 4 aromatic carbocycles. The molecular weight excluding hydrogens is 654 g/mol. The standard InChI is InChI=1S/C40H28F6N2O2/c41-35(42)37(45)49-39(47(31-13-5-1-6-14-31)32-15-7-2-8-16-32)25-21-29(22-26-39)30-23-27-40(28-24-30,50-38(46)36(43)44)48(33-17-9-3-10-18-33)34-19-11-4-12-20-34/h1-28H. The number of nitrogens with zero attached hydrogens (tertiary/aromatic N) is 2. The third-order valence-electron chi connectivity index (χ3n) is 7.90. The Bertz CT molecular complexity index is 1760. The van der Waals surface area contributed by atoms with Gasteiger partial charge in [0.15, 0.2) is 0 Å². The molecule has 0 heterocycles. The Morgan fingerprint density at radius 1 is 0.380 bits per heavy atom. The van der Waals surface area contributed by atoms with Crippen molar-refractivity contribution in [2.45, 2.75) is 11.4 Å². The Hall–Kier alpha value is -6.16. The lowest BCUT2D eigenvalue weighted by molar-refractivity contribution is 0.0325. The number of benzene rings is 4. The van der Waals surface area contributed by atoms with Crippen LogP contribution in [0.5, 0.6) is 0 Å². The van der Waals surface area contributed by atoms with E-state index in [1.165, 1.54) is 24.3 Å². The SMILES string of the molecule is FC(F)=C(F)OC1(N(c2ccccc2)c2ccccc2)C=CC(=C2C=CC(OC(F)=C(F)F)(N(c3ccccc3)c3ccccc3)C=C2)C=C1. The van der Waals surface area contributed by atoms with E-state index in [-0.39, 0.29) is 0 Å². The quantitative estimate of drug-likeness (QED) is 0.0944. The maximum atomic E-state index is 14.7. The molecule has 0 aliphatic heterocycles. The number of rotatable bonds is 10. The number of para-hydroxylation sites is 4. The first-order chi connectivity index (χ1) is 24.2. The molecule has 0 saturated carbocycles. The van der Waals surface area contributed by atoms with Crippen molar-refractivity contribution >= 4 is 22.7 Å². The van der Waals surface area contributed by atoms with Crippen molar-refractivity contribution in [1.29, 1.82) is 0 Å². The van der Waals surface area contributed by atoms with E-state index in [0.717, 1.165) is 0 Å². The minimum absolute atomic E-state index is 0.521. The maximum absolute atomic E-state index is 14.7. The van der Waals surface area contributed by atoms with E-state index < -0.39 is 35.6 Å².